The highest BCUT2D eigenvalue weighted by molar-refractivity contribution is 5.96. The molecule has 1 amide bonds. The fourth-order valence-corrected chi connectivity index (χ4v) is 3.24. The van der Waals surface area contributed by atoms with Crippen molar-refractivity contribution in [1.29, 1.82) is 0 Å². The average Bonchev–Trinajstić information content (AvgIpc) is 2.97. The van der Waals surface area contributed by atoms with Gasteiger partial charge in [0.15, 0.2) is 0 Å². The Morgan fingerprint density at radius 2 is 2.21 bits per heavy atom. The van der Waals surface area contributed by atoms with Crippen LogP contribution >= 0.6 is 0 Å². The van der Waals surface area contributed by atoms with Crippen LogP contribution in [-0.2, 0) is 0 Å². The van der Waals surface area contributed by atoms with Crippen LogP contribution in [0.5, 0.6) is 0 Å². The number of carbonyl (C=O) groups excluding carboxylic acids is 1. The van der Waals surface area contributed by atoms with E-state index in [-0.39, 0.29) is 11.9 Å². The minimum atomic E-state index is 0.0941. The first-order chi connectivity index (χ1) is 9.10. The van der Waals surface area contributed by atoms with Crippen LogP contribution < -0.4 is 5.73 Å². The molecular weight excluding hydrogens is 240 g/mol. The average molecular weight is 264 g/mol. The lowest BCUT2D eigenvalue weighted by Crippen LogP contribution is -2.44. The van der Waals surface area contributed by atoms with E-state index in [9.17, 15) is 4.79 Å². The Morgan fingerprint density at radius 1 is 1.47 bits per heavy atom. The molecule has 1 aliphatic rings. The van der Waals surface area contributed by atoms with Crippen LogP contribution in [0.3, 0.4) is 0 Å². The van der Waals surface area contributed by atoms with Crippen molar-refractivity contribution < 1.29 is 4.79 Å². The summed E-state index contributed by atoms with van der Waals surface area (Å²) in [5, 5.41) is 7.01. The second-order valence-electron chi connectivity index (χ2n) is 5.39. The van der Waals surface area contributed by atoms with Gasteiger partial charge in [-0.25, -0.2) is 0 Å². The Hall–Kier alpha value is -1.36. The molecule has 1 aromatic heterocycles. The lowest BCUT2D eigenvalue weighted by atomic mass is 10.0. The van der Waals surface area contributed by atoms with Gasteiger partial charge in [-0.15, -0.1) is 0 Å². The largest absolute Gasteiger partial charge is 0.336 e. The third kappa shape index (κ3) is 2.52. The van der Waals surface area contributed by atoms with Gasteiger partial charge in [-0.05, 0) is 46.1 Å². The molecule has 5 nitrogen and oxygen atoms in total. The van der Waals surface area contributed by atoms with Crippen LogP contribution in [-0.4, -0.2) is 40.1 Å². The maximum absolute atomic E-state index is 12.8. The number of aromatic amines is 1. The van der Waals surface area contributed by atoms with E-state index >= 15 is 0 Å². The van der Waals surface area contributed by atoms with E-state index in [0.717, 1.165) is 36.3 Å². The maximum Gasteiger partial charge on any atom is 0.257 e. The third-order valence-electron chi connectivity index (χ3n) is 4.27. The number of hydrogen-bond acceptors (Lipinski definition) is 3. The Balaban J connectivity index is 2.25. The number of nitrogens with zero attached hydrogens (tertiary/aromatic N) is 2. The van der Waals surface area contributed by atoms with Gasteiger partial charge < -0.3 is 10.6 Å². The zero-order valence-electron chi connectivity index (χ0n) is 12.1. The number of hydrogen-bond donors (Lipinski definition) is 2. The Morgan fingerprint density at radius 3 is 2.74 bits per heavy atom. The van der Waals surface area contributed by atoms with Gasteiger partial charge in [-0.1, -0.05) is 6.42 Å². The second kappa shape index (κ2) is 5.74. The van der Waals surface area contributed by atoms with E-state index in [2.05, 4.69) is 10.2 Å². The first-order valence-corrected chi connectivity index (χ1v) is 7.12. The molecular formula is C14H24N4O. The zero-order valence-corrected chi connectivity index (χ0v) is 12.1. The Labute approximate surface area is 114 Å². The molecule has 2 atom stereocenters. The summed E-state index contributed by atoms with van der Waals surface area (Å²) < 4.78 is 0. The minimum absolute atomic E-state index is 0.0941. The van der Waals surface area contributed by atoms with Gasteiger partial charge in [0.25, 0.3) is 5.91 Å². The van der Waals surface area contributed by atoms with Gasteiger partial charge in [0.05, 0.1) is 11.3 Å². The summed E-state index contributed by atoms with van der Waals surface area (Å²) in [5.74, 6) is 0.535. The summed E-state index contributed by atoms with van der Waals surface area (Å²) in [4.78, 5) is 14.7. The van der Waals surface area contributed by atoms with Crippen LogP contribution in [0.15, 0.2) is 0 Å². The Kier molecular flexibility index (Phi) is 4.24. The molecule has 5 heteroatoms. The zero-order chi connectivity index (χ0) is 14.0. The molecule has 106 valence electrons. The summed E-state index contributed by atoms with van der Waals surface area (Å²) in [5.41, 5.74) is 8.20. The fraction of sp³-hybridized carbons (Fsp3) is 0.714. The molecule has 1 fully saturated rings. The smallest absolute Gasteiger partial charge is 0.257 e. The van der Waals surface area contributed by atoms with Crippen molar-refractivity contribution in [2.45, 2.75) is 46.1 Å². The van der Waals surface area contributed by atoms with Gasteiger partial charge in [0.2, 0.25) is 0 Å². The maximum atomic E-state index is 12.8. The number of nitrogens with one attached hydrogen (secondary N) is 1. The normalized spacial score (nSPS) is 22.7. The summed E-state index contributed by atoms with van der Waals surface area (Å²) in [6, 6.07) is 0.288. The summed E-state index contributed by atoms with van der Waals surface area (Å²) >= 11 is 0. The van der Waals surface area contributed by atoms with E-state index in [1.807, 2.05) is 25.7 Å². The molecule has 1 saturated carbocycles. The number of aromatic nitrogens is 2. The van der Waals surface area contributed by atoms with Crippen molar-refractivity contribution >= 4 is 5.91 Å². The van der Waals surface area contributed by atoms with Gasteiger partial charge in [0.1, 0.15) is 0 Å². The van der Waals surface area contributed by atoms with Crippen LogP contribution in [0.4, 0.5) is 0 Å². The van der Waals surface area contributed by atoms with E-state index in [4.69, 9.17) is 5.73 Å². The van der Waals surface area contributed by atoms with Crippen molar-refractivity contribution in [2.75, 3.05) is 13.1 Å². The number of amides is 1. The van der Waals surface area contributed by atoms with Crippen LogP contribution in [0.2, 0.25) is 0 Å². The molecule has 2 rings (SSSR count). The van der Waals surface area contributed by atoms with Crippen molar-refractivity contribution in [1.82, 2.24) is 15.1 Å². The number of carbonyl (C=O) groups is 1. The monoisotopic (exact) mass is 264 g/mol. The highest BCUT2D eigenvalue weighted by Gasteiger charge is 2.34. The molecule has 3 N–H and O–H groups in total. The fourth-order valence-electron chi connectivity index (χ4n) is 3.24. The standard InChI is InChI=1S/C14H24N4O/c1-4-18(12-7-5-6-11(12)8-15)14(19)13-9(2)16-17-10(13)3/h11-12H,4-8,15H2,1-3H3,(H,16,17). The number of rotatable bonds is 4. The molecule has 0 aromatic carbocycles. The van der Waals surface area contributed by atoms with Crippen LogP contribution in [0.25, 0.3) is 0 Å². The first-order valence-electron chi connectivity index (χ1n) is 7.12. The van der Waals surface area contributed by atoms with E-state index in [1.165, 1.54) is 6.42 Å². The summed E-state index contributed by atoms with van der Waals surface area (Å²) in [6.45, 7) is 7.20. The van der Waals surface area contributed by atoms with Crippen molar-refractivity contribution in [2.24, 2.45) is 11.7 Å². The highest BCUT2D eigenvalue weighted by Crippen LogP contribution is 2.30. The van der Waals surface area contributed by atoms with Gasteiger partial charge >= 0.3 is 0 Å². The van der Waals surface area contributed by atoms with Gasteiger partial charge in [-0.2, -0.15) is 5.10 Å². The predicted molar refractivity (Wildman–Crippen MR) is 75.0 cm³/mol. The molecule has 1 heterocycles. The van der Waals surface area contributed by atoms with Gasteiger partial charge in [-0.3, -0.25) is 9.89 Å². The SMILES string of the molecule is CCN(C(=O)c1c(C)n[nH]c1C)C1CCCC1CN. The molecule has 0 spiro atoms. The number of H-pyrrole nitrogens is 1. The molecule has 0 saturated heterocycles. The first kappa shape index (κ1) is 14.1. The highest BCUT2D eigenvalue weighted by atomic mass is 16.2. The second-order valence-corrected chi connectivity index (χ2v) is 5.39. The van der Waals surface area contributed by atoms with Crippen molar-refractivity contribution in [3.8, 4) is 0 Å². The third-order valence-corrected chi connectivity index (χ3v) is 4.27. The molecule has 2 unspecified atom stereocenters. The molecule has 1 aliphatic carbocycles. The summed E-state index contributed by atoms with van der Waals surface area (Å²) in [7, 11) is 0. The van der Waals surface area contributed by atoms with Crippen LogP contribution in [0, 0.1) is 19.8 Å². The number of nitrogens with two attached hydrogens (primary N) is 1. The topological polar surface area (TPSA) is 75.0 Å². The molecule has 1 aromatic rings. The molecule has 19 heavy (non-hydrogen) atoms. The van der Waals surface area contributed by atoms with E-state index < -0.39 is 0 Å². The van der Waals surface area contributed by atoms with Crippen LogP contribution in [0.1, 0.15) is 47.9 Å². The van der Waals surface area contributed by atoms with Crippen molar-refractivity contribution in [3.05, 3.63) is 17.0 Å². The molecule has 0 aliphatic heterocycles. The lowest BCUT2D eigenvalue weighted by molar-refractivity contribution is 0.0650. The number of aryl methyl sites for hydroxylation is 2. The minimum Gasteiger partial charge on any atom is -0.336 e. The van der Waals surface area contributed by atoms with Gasteiger partial charge in [0, 0.05) is 18.3 Å². The predicted octanol–water partition coefficient (Wildman–Crippen LogP) is 1.62. The lowest BCUT2D eigenvalue weighted by Gasteiger charge is -2.32. The quantitative estimate of drug-likeness (QED) is 0.867. The van der Waals surface area contributed by atoms with Crippen molar-refractivity contribution in [3.63, 3.8) is 0 Å². The summed E-state index contributed by atoms with van der Waals surface area (Å²) in [6.07, 6.45) is 3.37. The van der Waals surface area contributed by atoms with E-state index in [1.54, 1.807) is 0 Å². The molecule has 0 bridgehead atoms. The van der Waals surface area contributed by atoms with E-state index in [0.29, 0.717) is 12.5 Å². The Bertz CT molecular complexity index is 435. The molecule has 0 radical (unpaired) electrons.